The average Bonchev–Trinajstić information content (AvgIpc) is 3.28. The molecule has 3 rings (SSSR count). The van der Waals surface area contributed by atoms with Gasteiger partial charge in [-0.05, 0) is 25.0 Å². The van der Waals surface area contributed by atoms with Gasteiger partial charge in [0.25, 0.3) is 5.91 Å². The van der Waals surface area contributed by atoms with E-state index >= 15 is 0 Å². The Bertz CT molecular complexity index is 942. The van der Waals surface area contributed by atoms with Gasteiger partial charge >= 0.3 is 0 Å². The molecule has 8 heteroatoms. The molecule has 7 N–H and O–H groups in total. The van der Waals surface area contributed by atoms with Crippen LogP contribution in [0.5, 0.6) is 5.88 Å². The Morgan fingerprint density at radius 1 is 1.34 bits per heavy atom. The van der Waals surface area contributed by atoms with Gasteiger partial charge in [-0.1, -0.05) is 13.8 Å². The number of pyridine rings is 1. The molecule has 1 amide bonds. The first-order valence-electron chi connectivity index (χ1n) is 9.52. The van der Waals surface area contributed by atoms with E-state index in [9.17, 15) is 4.79 Å². The fourth-order valence-corrected chi connectivity index (χ4v) is 3.65. The van der Waals surface area contributed by atoms with E-state index in [-0.39, 0.29) is 23.1 Å². The number of primary amides is 1. The monoisotopic (exact) mass is 396 g/mol. The normalized spacial score (nSPS) is 21.9. The number of nitrogens with one attached hydrogen (secondary N) is 1. The highest BCUT2D eigenvalue weighted by Gasteiger charge is 2.41. The minimum atomic E-state index is -0.631. The molecule has 2 heterocycles. The summed E-state index contributed by atoms with van der Waals surface area (Å²) in [7, 11) is 1.57. The van der Waals surface area contributed by atoms with Gasteiger partial charge in [-0.3, -0.25) is 9.79 Å². The summed E-state index contributed by atoms with van der Waals surface area (Å²) in [6.45, 7) is 4.19. The molecule has 0 aliphatic heterocycles. The number of aromatic nitrogens is 2. The van der Waals surface area contributed by atoms with E-state index in [2.05, 4.69) is 23.8 Å². The lowest BCUT2D eigenvalue weighted by Crippen LogP contribution is -2.38. The molecule has 154 valence electrons. The molecule has 1 aliphatic carbocycles. The maximum atomic E-state index is 12.0. The molecular formula is C21H28N6O2. The van der Waals surface area contributed by atoms with Crippen molar-refractivity contribution in [2.24, 2.45) is 27.6 Å². The van der Waals surface area contributed by atoms with Gasteiger partial charge in [0.2, 0.25) is 5.88 Å². The molecule has 0 saturated heterocycles. The van der Waals surface area contributed by atoms with Gasteiger partial charge in [0.1, 0.15) is 0 Å². The molecule has 0 aromatic carbocycles. The van der Waals surface area contributed by atoms with Crippen molar-refractivity contribution < 1.29 is 9.53 Å². The number of nitrogens with two attached hydrogens (primary N) is 3. The Kier molecular flexibility index (Phi) is 5.74. The van der Waals surface area contributed by atoms with Gasteiger partial charge < -0.3 is 26.9 Å². The van der Waals surface area contributed by atoms with Gasteiger partial charge in [-0.15, -0.1) is 0 Å². The van der Waals surface area contributed by atoms with Gasteiger partial charge in [0.15, 0.2) is 0 Å². The second-order valence-electron chi connectivity index (χ2n) is 7.83. The Hall–Kier alpha value is -3.13. The van der Waals surface area contributed by atoms with E-state index in [1.54, 1.807) is 19.4 Å². The topological polar surface area (TPSA) is 145 Å². The number of H-pyrrole nitrogens is 1. The molecule has 0 spiro atoms. The fourth-order valence-electron chi connectivity index (χ4n) is 3.65. The number of rotatable bonds is 6. The summed E-state index contributed by atoms with van der Waals surface area (Å²) in [6.07, 6.45) is 6.47. The zero-order chi connectivity index (χ0) is 21.2. The van der Waals surface area contributed by atoms with Gasteiger partial charge in [-0.2, -0.15) is 0 Å². The van der Waals surface area contributed by atoms with Crippen LogP contribution in [0.2, 0.25) is 0 Å². The predicted octanol–water partition coefficient (Wildman–Crippen LogP) is 1.72. The molecule has 0 radical (unpaired) electrons. The second kappa shape index (κ2) is 8.08. The van der Waals surface area contributed by atoms with Crippen LogP contribution in [-0.4, -0.2) is 40.8 Å². The van der Waals surface area contributed by atoms with E-state index in [1.165, 1.54) is 6.20 Å². The molecule has 2 atom stereocenters. The van der Waals surface area contributed by atoms with E-state index in [4.69, 9.17) is 26.9 Å². The average molecular weight is 396 g/mol. The smallest absolute Gasteiger partial charge is 0.252 e. The van der Waals surface area contributed by atoms with E-state index in [1.807, 2.05) is 18.3 Å². The van der Waals surface area contributed by atoms with Crippen molar-refractivity contribution in [2.75, 3.05) is 7.11 Å². The zero-order valence-corrected chi connectivity index (χ0v) is 17.0. The number of amides is 1. The van der Waals surface area contributed by atoms with E-state index in [0.717, 1.165) is 24.0 Å². The van der Waals surface area contributed by atoms with Crippen molar-refractivity contribution in [3.63, 3.8) is 0 Å². The van der Waals surface area contributed by atoms with Crippen LogP contribution in [0.3, 0.4) is 0 Å². The third-order valence-corrected chi connectivity index (χ3v) is 5.75. The number of methoxy groups -OCH3 is 1. The molecule has 1 fully saturated rings. The van der Waals surface area contributed by atoms with Crippen LogP contribution in [0.25, 0.3) is 11.1 Å². The van der Waals surface area contributed by atoms with Crippen LogP contribution in [0.1, 0.15) is 32.4 Å². The number of hydrogen-bond acceptors (Lipinski definition) is 6. The summed E-state index contributed by atoms with van der Waals surface area (Å²) in [5, 5.41) is 0. The predicted molar refractivity (Wildman–Crippen MR) is 113 cm³/mol. The molecule has 2 unspecified atom stereocenters. The standard InChI is InChI=1S/C21H28N6O2/c1-21(2)16(23)5-6-17(21)27-19(14(9-22)20(24)28)15-8-13(11-25-15)12-4-7-18(29-3)26-10-12/h4,7-11,16-17,25H,5-6,22-23H2,1-3H3,(H2,24,28). The number of nitrogens with zero attached hydrogens (tertiary/aromatic N) is 2. The van der Waals surface area contributed by atoms with Crippen LogP contribution in [0.15, 0.2) is 47.4 Å². The third-order valence-electron chi connectivity index (χ3n) is 5.75. The molecule has 2 aromatic heterocycles. The Morgan fingerprint density at radius 3 is 2.62 bits per heavy atom. The van der Waals surface area contributed by atoms with Crippen LogP contribution in [0.4, 0.5) is 0 Å². The van der Waals surface area contributed by atoms with Crippen molar-refractivity contribution in [2.45, 2.75) is 38.8 Å². The fraction of sp³-hybridized carbons (Fsp3) is 0.381. The van der Waals surface area contributed by atoms with Crippen LogP contribution < -0.4 is 21.9 Å². The van der Waals surface area contributed by atoms with Crippen molar-refractivity contribution in [3.8, 4) is 17.0 Å². The summed E-state index contributed by atoms with van der Waals surface area (Å²) in [5.74, 6) is -0.0951. The first kappa shape index (κ1) is 20.6. The highest BCUT2D eigenvalue weighted by Crippen LogP contribution is 2.39. The maximum Gasteiger partial charge on any atom is 0.252 e. The Balaban J connectivity index is 2.02. The first-order valence-corrected chi connectivity index (χ1v) is 9.52. The van der Waals surface area contributed by atoms with E-state index < -0.39 is 5.91 Å². The number of aliphatic imine (C=N–C) groups is 1. The van der Waals surface area contributed by atoms with Crippen LogP contribution in [0, 0.1) is 5.41 Å². The summed E-state index contributed by atoms with van der Waals surface area (Å²) in [4.78, 5) is 24.3. The van der Waals surface area contributed by atoms with Crippen molar-refractivity contribution >= 4 is 11.6 Å². The number of aromatic amines is 1. The van der Waals surface area contributed by atoms with Crippen molar-refractivity contribution in [1.29, 1.82) is 0 Å². The lowest BCUT2D eigenvalue weighted by molar-refractivity contribution is -0.114. The van der Waals surface area contributed by atoms with Gasteiger partial charge in [-0.25, -0.2) is 4.98 Å². The minimum Gasteiger partial charge on any atom is -0.481 e. The maximum absolute atomic E-state index is 12.0. The molecule has 1 aliphatic rings. The minimum absolute atomic E-state index is 0.0426. The lowest BCUT2D eigenvalue weighted by atomic mass is 9.84. The molecule has 29 heavy (non-hydrogen) atoms. The van der Waals surface area contributed by atoms with Crippen LogP contribution in [-0.2, 0) is 4.79 Å². The highest BCUT2D eigenvalue weighted by molar-refractivity contribution is 6.27. The van der Waals surface area contributed by atoms with Gasteiger partial charge in [0.05, 0.1) is 30.1 Å². The largest absolute Gasteiger partial charge is 0.481 e. The van der Waals surface area contributed by atoms with Gasteiger partial charge in [0, 0.05) is 47.2 Å². The Labute approximate surface area is 170 Å². The zero-order valence-electron chi connectivity index (χ0n) is 17.0. The highest BCUT2D eigenvalue weighted by atomic mass is 16.5. The van der Waals surface area contributed by atoms with Crippen molar-refractivity contribution in [1.82, 2.24) is 9.97 Å². The van der Waals surface area contributed by atoms with E-state index in [0.29, 0.717) is 17.3 Å². The lowest BCUT2D eigenvalue weighted by Gasteiger charge is -2.29. The molecular weight excluding hydrogens is 368 g/mol. The number of hydrogen-bond donors (Lipinski definition) is 4. The van der Waals surface area contributed by atoms with Crippen LogP contribution >= 0.6 is 0 Å². The molecule has 8 nitrogen and oxygen atoms in total. The Morgan fingerprint density at radius 2 is 2.10 bits per heavy atom. The first-order chi connectivity index (χ1) is 13.8. The molecule has 0 bridgehead atoms. The number of carbonyl (C=O) groups is 1. The number of ether oxygens (including phenoxy) is 1. The summed E-state index contributed by atoms with van der Waals surface area (Å²) >= 11 is 0. The second-order valence-corrected chi connectivity index (χ2v) is 7.83. The number of carbonyl (C=O) groups excluding carboxylic acids is 1. The summed E-state index contributed by atoms with van der Waals surface area (Å²) in [5.41, 5.74) is 20.4. The SMILES string of the molecule is COc1ccc(-c2c[nH]c(C(=NC3CCC(N)C3(C)C)C(=CN)C(N)=O)c2)cn1. The van der Waals surface area contributed by atoms with Crippen molar-refractivity contribution in [3.05, 3.63) is 48.1 Å². The summed E-state index contributed by atoms with van der Waals surface area (Å²) in [6, 6.07) is 5.59. The molecule has 2 aromatic rings. The quantitative estimate of drug-likeness (QED) is 0.434. The third kappa shape index (κ3) is 4.02. The molecule has 1 saturated carbocycles. The summed E-state index contributed by atoms with van der Waals surface area (Å²) < 4.78 is 5.10.